The summed E-state index contributed by atoms with van der Waals surface area (Å²) in [6, 6.07) is 19.3. The van der Waals surface area contributed by atoms with Crippen LogP contribution in [0.1, 0.15) is 63.5 Å². The van der Waals surface area contributed by atoms with Crippen LogP contribution < -0.4 is 5.32 Å². The van der Waals surface area contributed by atoms with E-state index in [0.29, 0.717) is 5.56 Å². The second-order valence-electron chi connectivity index (χ2n) is 8.73. The third-order valence-electron chi connectivity index (χ3n) is 5.86. The molecule has 0 spiro atoms. The number of rotatable bonds is 7. The Balaban J connectivity index is 2.40. The number of benzene rings is 2. The van der Waals surface area contributed by atoms with Crippen molar-refractivity contribution in [1.29, 1.82) is 0 Å². The van der Waals surface area contributed by atoms with Gasteiger partial charge in [-0.25, -0.2) is 0 Å². The normalized spacial score (nSPS) is 16.8. The van der Waals surface area contributed by atoms with Crippen LogP contribution in [0.5, 0.6) is 0 Å². The zero-order valence-corrected chi connectivity index (χ0v) is 17.9. The quantitative estimate of drug-likeness (QED) is 0.491. The predicted molar refractivity (Wildman–Crippen MR) is 116 cm³/mol. The number of ketones is 1. The molecule has 0 heterocycles. The lowest BCUT2D eigenvalue weighted by Gasteiger charge is -2.43. The van der Waals surface area contributed by atoms with Crippen LogP contribution in [0.25, 0.3) is 0 Å². The molecule has 0 aromatic heterocycles. The number of hydrogen-bond acceptors (Lipinski definition) is 3. The molecule has 0 saturated heterocycles. The first-order valence-corrected chi connectivity index (χ1v) is 9.89. The molecule has 0 unspecified atom stereocenters. The van der Waals surface area contributed by atoms with Crippen LogP contribution in [0.3, 0.4) is 0 Å². The van der Waals surface area contributed by atoms with Gasteiger partial charge < -0.3 is 10.4 Å². The van der Waals surface area contributed by atoms with Crippen molar-refractivity contribution in [2.45, 2.75) is 53.2 Å². The second-order valence-corrected chi connectivity index (χ2v) is 8.73. The van der Waals surface area contributed by atoms with Crippen LogP contribution in [0.4, 0.5) is 0 Å². The Morgan fingerprint density at radius 3 is 1.93 bits per heavy atom. The summed E-state index contributed by atoms with van der Waals surface area (Å²) in [5.74, 6) is -0.328. The highest BCUT2D eigenvalue weighted by Crippen LogP contribution is 2.39. The van der Waals surface area contributed by atoms with Gasteiger partial charge in [0.05, 0.1) is 5.60 Å². The SMILES string of the molecule is C[C@@H](N/C(=C/C(=O)c1ccccc1)[C@H](C)[C@](C)(O)C(C)(C)C)c1ccccc1. The molecule has 0 radical (unpaired) electrons. The van der Waals surface area contributed by atoms with E-state index in [2.05, 4.69) is 24.4 Å². The third kappa shape index (κ3) is 5.11. The van der Waals surface area contributed by atoms with Gasteiger partial charge in [0.1, 0.15) is 0 Å². The molecule has 0 amide bonds. The maximum atomic E-state index is 12.9. The van der Waals surface area contributed by atoms with Crippen LogP contribution >= 0.6 is 0 Å². The maximum absolute atomic E-state index is 12.9. The molecule has 3 nitrogen and oxygen atoms in total. The van der Waals surface area contributed by atoms with Crippen molar-refractivity contribution in [3.05, 3.63) is 83.6 Å². The first-order chi connectivity index (χ1) is 13.0. The molecular weight excluding hydrogens is 346 g/mol. The molecule has 3 heteroatoms. The fourth-order valence-corrected chi connectivity index (χ4v) is 3.15. The molecular formula is C25H33NO2. The molecule has 0 fully saturated rings. The molecule has 28 heavy (non-hydrogen) atoms. The molecule has 3 atom stereocenters. The van der Waals surface area contributed by atoms with E-state index in [0.717, 1.165) is 11.3 Å². The lowest BCUT2D eigenvalue weighted by molar-refractivity contribution is -0.0747. The van der Waals surface area contributed by atoms with Gasteiger partial charge in [0, 0.05) is 29.3 Å². The number of hydrogen-bond donors (Lipinski definition) is 2. The minimum Gasteiger partial charge on any atom is -0.389 e. The van der Waals surface area contributed by atoms with Crippen molar-refractivity contribution in [1.82, 2.24) is 5.32 Å². The summed E-state index contributed by atoms with van der Waals surface area (Å²) >= 11 is 0. The number of carbonyl (C=O) groups is 1. The summed E-state index contributed by atoms with van der Waals surface area (Å²) in [6.07, 6.45) is 1.64. The summed E-state index contributed by atoms with van der Waals surface area (Å²) < 4.78 is 0. The van der Waals surface area contributed by atoms with E-state index in [-0.39, 0.29) is 23.2 Å². The fourth-order valence-electron chi connectivity index (χ4n) is 3.15. The Morgan fingerprint density at radius 1 is 0.929 bits per heavy atom. The topological polar surface area (TPSA) is 49.3 Å². The highest BCUT2D eigenvalue weighted by Gasteiger charge is 2.42. The van der Waals surface area contributed by atoms with Crippen LogP contribution in [-0.4, -0.2) is 16.5 Å². The van der Waals surface area contributed by atoms with Crippen molar-refractivity contribution >= 4 is 5.78 Å². The van der Waals surface area contributed by atoms with Gasteiger partial charge in [-0.3, -0.25) is 4.79 Å². The van der Waals surface area contributed by atoms with Gasteiger partial charge in [-0.05, 0) is 24.8 Å². The van der Waals surface area contributed by atoms with Crippen molar-refractivity contribution in [2.24, 2.45) is 11.3 Å². The average molecular weight is 380 g/mol. The number of carbonyl (C=O) groups excluding carboxylic acids is 1. The van der Waals surface area contributed by atoms with E-state index in [1.165, 1.54) is 0 Å². The first kappa shape index (κ1) is 21.9. The van der Waals surface area contributed by atoms with Gasteiger partial charge >= 0.3 is 0 Å². The van der Waals surface area contributed by atoms with Crippen LogP contribution in [0, 0.1) is 11.3 Å². The van der Waals surface area contributed by atoms with E-state index in [4.69, 9.17) is 0 Å². The summed E-state index contributed by atoms with van der Waals surface area (Å²) in [5, 5.41) is 14.8. The zero-order valence-electron chi connectivity index (χ0n) is 17.9. The Hall–Kier alpha value is -2.39. The lowest BCUT2D eigenvalue weighted by atomic mass is 9.69. The molecule has 150 valence electrons. The first-order valence-electron chi connectivity index (χ1n) is 9.89. The van der Waals surface area contributed by atoms with Crippen LogP contribution in [0.2, 0.25) is 0 Å². The largest absolute Gasteiger partial charge is 0.389 e. The summed E-state index contributed by atoms with van der Waals surface area (Å²) in [5.41, 5.74) is 1.16. The molecule has 0 bridgehead atoms. The Bertz CT molecular complexity index is 801. The second kappa shape index (κ2) is 8.74. The maximum Gasteiger partial charge on any atom is 0.187 e. The highest BCUT2D eigenvalue weighted by atomic mass is 16.3. The van der Waals surface area contributed by atoms with E-state index in [1.807, 2.05) is 83.1 Å². The summed E-state index contributed by atoms with van der Waals surface area (Å²) in [6.45, 7) is 11.9. The molecule has 2 aromatic rings. The predicted octanol–water partition coefficient (Wildman–Crippen LogP) is 5.54. The average Bonchev–Trinajstić information content (AvgIpc) is 2.67. The molecule has 2 aromatic carbocycles. The minimum atomic E-state index is -1.00. The minimum absolute atomic E-state index is 0.00856. The summed E-state index contributed by atoms with van der Waals surface area (Å²) in [7, 11) is 0. The van der Waals surface area contributed by atoms with E-state index >= 15 is 0 Å². The molecule has 0 aliphatic rings. The molecule has 2 N–H and O–H groups in total. The molecule has 2 rings (SSSR count). The van der Waals surface area contributed by atoms with Crippen molar-refractivity contribution in [3.63, 3.8) is 0 Å². The Labute approximate surface area is 169 Å². The third-order valence-corrected chi connectivity index (χ3v) is 5.86. The zero-order chi connectivity index (χ0) is 20.9. The smallest absolute Gasteiger partial charge is 0.187 e. The van der Waals surface area contributed by atoms with Gasteiger partial charge in [0.15, 0.2) is 5.78 Å². The standard InChI is InChI=1S/C25H33NO2/c1-18(25(6,28)24(3,4)5)22(17-23(27)21-15-11-8-12-16-21)26-19(2)20-13-9-7-10-14-20/h7-19,26,28H,1-6H3/b22-17+/t18-,19+,25-/m0/s1. The van der Waals surface area contributed by atoms with E-state index < -0.39 is 5.60 Å². The van der Waals surface area contributed by atoms with Crippen molar-refractivity contribution in [3.8, 4) is 0 Å². The van der Waals surface area contributed by atoms with Crippen molar-refractivity contribution < 1.29 is 9.90 Å². The van der Waals surface area contributed by atoms with Crippen LogP contribution in [-0.2, 0) is 0 Å². The molecule has 0 aliphatic heterocycles. The molecule has 0 aliphatic carbocycles. The van der Waals surface area contributed by atoms with Gasteiger partial charge in [0.2, 0.25) is 0 Å². The van der Waals surface area contributed by atoms with E-state index in [9.17, 15) is 9.90 Å². The monoisotopic (exact) mass is 379 g/mol. The number of nitrogens with one attached hydrogen (secondary N) is 1. The van der Waals surface area contributed by atoms with Gasteiger partial charge in [-0.15, -0.1) is 0 Å². The summed E-state index contributed by atoms with van der Waals surface area (Å²) in [4.78, 5) is 12.9. The Morgan fingerprint density at radius 2 is 1.43 bits per heavy atom. The van der Waals surface area contributed by atoms with Gasteiger partial charge in [-0.1, -0.05) is 88.4 Å². The number of allylic oxidation sites excluding steroid dienone is 1. The molecule has 0 saturated carbocycles. The van der Waals surface area contributed by atoms with Crippen molar-refractivity contribution in [2.75, 3.05) is 0 Å². The highest BCUT2D eigenvalue weighted by molar-refractivity contribution is 6.04. The number of aliphatic hydroxyl groups is 1. The van der Waals surface area contributed by atoms with E-state index in [1.54, 1.807) is 6.08 Å². The Kier molecular flexibility index (Phi) is 6.84. The fraction of sp³-hybridized carbons (Fsp3) is 0.400. The van der Waals surface area contributed by atoms with Gasteiger partial charge in [0.25, 0.3) is 0 Å². The lowest BCUT2D eigenvalue weighted by Crippen LogP contribution is -2.48. The van der Waals surface area contributed by atoms with Crippen LogP contribution in [0.15, 0.2) is 72.4 Å². The van der Waals surface area contributed by atoms with Gasteiger partial charge in [-0.2, -0.15) is 0 Å².